The molecule has 2 aromatic heterocycles. The third kappa shape index (κ3) is 1.55. The summed E-state index contributed by atoms with van der Waals surface area (Å²) < 4.78 is 7.20. The molecule has 0 fully saturated rings. The van der Waals surface area contributed by atoms with Crippen LogP contribution in [-0.4, -0.2) is 22.2 Å². The molecule has 0 amide bonds. The Labute approximate surface area is 97.7 Å². The van der Waals surface area contributed by atoms with Gasteiger partial charge in [0.2, 0.25) is 0 Å². The molecule has 0 radical (unpaired) electrons. The second-order valence-corrected chi connectivity index (χ2v) is 4.00. The Balaban J connectivity index is 2.06. The van der Waals surface area contributed by atoms with E-state index in [1.807, 2.05) is 22.8 Å². The van der Waals surface area contributed by atoms with E-state index in [1.165, 1.54) is 0 Å². The summed E-state index contributed by atoms with van der Waals surface area (Å²) >= 11 is 0. The quantitative estimate of drug-likeness (QED) is 0.822. The van der Waals surface area contributed by atoms with Crippen LogP contribution in [0.2, 0.25) is 0 Å². The molecular weight excluding hydrogens is 220 g/mol. The third-order valence-electron chi connectivity index (χ3n) is 3.04. The van der Waals surface area contributed by atoms with Gasteiger partial charge in [-0.1, -0.05) is 0 Å². The normalized spacial score (nSPS) is 18.9. The predicted octanol–water partition coefficient (Wildman–Crippen LogP) is 1.47. The number of nitrogens with one attached hydrogen (secondary N) is 1. The number of aromatic carboxylic acids is 1. The number of hydrogen-bond acceptors (Lipinski definition) is 3. The molecule has 1 unspecified atom stereocenters. The average molecular weight is 232 g/mol. The molecule has 0 spiro atoms. The second kappa shape index (κ2) is 3.78. The van der Waals surface area contributed by atoms with Crippen LogP contribution in [0.1, 0.15) is 28.0 Å². The van der Waals surface area contributed by atoms with Crippen LogP contribution in [0.25, 0.3) is 0 Å². The lowest BCUT2D eigenvalue weighted by Crippen LogP contribution is -2.34. The number of nitrogens with zero attached hydrogens (tertiary/aromatic N) is 1. The van der Waals surface area contributed by atoms with Gasteiger partial charge in [0.15, 0.2) is 0 Å². The molecule has 0 saturated heterocycles. The van der Waals surface area contributed by atoms with E-state index in [2.05, 4.69) is 5.32 Å². The molecule has 5 nitrogen and oxygen atoms in total. The fourth-order valence-corrected chi connectivity index (χ4v) is 2.30. The highest BCUT2D eigenvalue weighted by Crippen LogP contribution is 2.27. The van der Waals surface area contributed by atoms with E-state index in [0.29, 0.717) is 12.2 Å². The van der Waals surface area contributed by atoms with E-state index < -0.39 is 5.97 Å². The number of carbonyl (C=O) groups is 1. The summed E-state index contributed by atoms with van der Waals surface area (Å²) in [7, 11) is 0. The second-order valence-electron chi connectivity index (χ2n) is 4.00. The summed E-state index contributed by atoms with van der Waals surface area (Å²) in [5.74, 6) is -0.0858. The van der Waals surface area contributed by atoms with Gasteiger partial charge in [0.25, 0.3) is 0 Å². The number of carboxylic acid groups (broad SMARTS) is 1. The van der Waals surface area contributed by atoms with Crippen LogP contribution < -0.4 is 5.32 Å². The molecule has 0 aliphatic carbocycles. The zero-order chi connectivity index (χ0) is 11.8. The molecule has 5 heteroatoms. The summed E-state index contributed by atoms with van der Waals surface area (Å²) in [6.45, 7) is 1.40. The Morgan fingerprint density at radius 2 is 2.35 bits per heavy atom. The fraction of sp³-hybridized carbons (Fsp3) is 0.250. The molecule has 1 aliphatic heterocycles. The Hall–Kier alpha value is -2.01. The van der Waals surface area contributed by atoms with Crippen LogP contribution in [0.5, 0.6) is 0 Å². The molecule has 0 saturated carbocycles. The van der Waals surface area contributed by atoms with E-state index in [-0.39, 0.29) is 6.04 Å². The van der Waals surface area contributed by atoms with Crippen molar-refractivity contribution in [2.45, 2.75) is 12.6 Å². The first-order chi connectivity index (χ1) is 8.27. The van der Waals surface area contributed by atoms with Crippen LogP contribution >= 0.6 is 0 Å². The van der Waals surface area contributed by atoms with E-state index in [9.17, 15) is 4.79 Å². The topological polar surface area (TPSA) is 67.4 Å². The van der Waals surface area contributed by atoms with Crippen molar-refractivity contribution in [2.75, 3.05) is 6.54 Å². The smallest absolute Gasteiger partial charge is 0.352 e. The molecule has 0 aromatic carbocycles. The van der Waals surface area contributed by atoms with E-state index in [4.69, 9.17) is 9.52 Å². The van der Waals surface area contributed by atoms with E-state index in [1.54, 1.807) is 12.3 Å². The highest BCUT2D eigenvalue weighted by atomic mass is 16.4. The van der Waals surface area contributed by atoms with Crippen LogP contribution in [0.15, 0.2) is 34.9 Å². The van der Waals surface area contributed by atoms with Crippen LogP contribution in [0.4, 0.5) is 0 Å². The molecule has 0 bridgehead atoms. The maximum atomic E-state index is 11.1. The monoisotopic (exact) mass is 232 g/mol. The van der Waals surface area contributed by atoms with Crippen molar-refractivity contribution >= 4 is 5.97 Å². The molecule has 17 heavy (non-hydrogen) atoms. The highest BCUT2D eigenvalue weighted by Gasteiger charge is 2.26. The Bertz CT molecular complexity index is 542. The van der Waals surface area contributed by atoms with Crippen LogP contribution in [0.3, 0.4) is 0 Å². The number of furan rings is 1. The van der Waals surface area contributed by atoms with Crippen molar-refractivity contribution in [2.24, 2.45) is 0 Å². The molecule has 3 rings (SSSR count). The highest BCUT2D eigenvalue weighted by molar-refractivity contribution is 5.86. The maximum Gasteiger partial charge on any atom is 0.352 e. The summed E-state index contributed by atoms with van der Waals surface area (Å²) in [6, 6.07) is 7.13. The fourth-order valence-electron chi connectivity index (χ4n) is 2.30. The van der Waals surface area contributed by atoms with Crippen molar-refractivity contribution in [3.63, 3.8) is 0 Å². The van der Waals surface area contributed by atoms with Crippen molar-refractivity contribution in [1.29, 1.82) is 0 Å². The lowest BCUT2D eigenvalue weighted by molar-refractivity contribution is 0.0683. The molecule has 88 valence electrons. The third-order valence-corrected chi connectivity index (χ3v) is 3.04. The maximum absolute atomic E-state index is 11.1. The van der Waals surface area contributed by atoms with Gasteiger partial charge in [-0.3, -0.25) is 0 Å². The minimum atomic E-state index is -0.892. The van der Waals surface area contributed by atoms with Crippen LogP contribution in [-0.2, 0) is 6.54 Å². The lowest BCUT2D eigenvalue weighted by atomic mass is 10.1. The number of fused-ring (bicyclic) bond motifs is 1. The van der Waals surface area contributed by atoms with Gasteiger partial charge in [-0.2, -0.15) is 0 Å². The van der Waals surface area contributed by atoms with Crippen molar-refractivity contribution in [1.82, 2.24) is 9.88 Å². The van der Waals surface area contributed by atoms with Gasteiger partial charge in [-0.05, 0) is 24.3 Å². The van der Waals surface area contributed by atoms with E-state index in [0.717, 1.165) is 18.0 Å². The van der Waals surface area contributed by atoms with E-state index >= 15 is 0 Å². The minimum Gasteiger partial charge on any atom is -0.477 e. The summed E-state index contributed by atoms with van der Waals surface area (Å²) in [5.41, 5.74) is 1.27. The number of rotatable bonds is 2. The summed E-state index contributed by atoms with van der Waals surface area (Å²) in [5, 5.41) is 12.4. The Morgan fingerprint density at radius 1 is 1.47 bits per heavy atom. The van der Waals surface area contributed by atoms with Gasteiger partial charge in [0, 0.05) is 18.8 Å². The van der Waals surface area contributed by atoms with Crippen molar-refractivity contribution in [3.05, 3.63) is 47.7 Å². The lowest BCUT2D eigenvalue weighted by Gasteiger charge is -2.25. The molecule has 3 heterocycles. The van der Waals surface area contributed by atoms with Crippen LogP contribution in [0, 0.1) is 0 Å². The van der Waals surface area contributed by atoms with Gasteiger partial charge < -0.3 is 19.4 Å². The Morgan fingerprint density at radius 3 is 3.06 bits per heavy atom. The zero-order valence-corrected chi connectivity index (χ0v) is 9.09. The summed E-state index contributed by atoms with van der Waals surface area (Å²) in [6.07, 6.45) is 1.62. The molecule has 1 aliphatic rings. The first-order valence-corrected chi connectivity index (χ1v) is 5.47. The first kappa shape index (κ1) is 10.2. The van der Waals surface area contributed by atoms with Gasteiger partial charge >= 0.3 is 5.97 Å². The van der Waals surface area contributed by atoms with Gasteiger partial charge in [0.05, 0.1) is 6.26 Å². The number of carboxylic acids is 1. The van der Waals surface area contributed by atoms with Gasteiger partial charge in [-0.25, -0.2) is 4.79 Å². The first-order valence-electron chi connectivity index (χ1n) is 5.47. The predicted molar refractivity (Wildman–Crippen MR) is 59.9 cm³/mol. The van der Waals surface area contributed by atoms with Gasteiger partial charge in [-0.15, -0.1) is 0 Å². The number of hydrogen-bond donors (Lipinski definition) is 2. The average Bonchev–Trinajstić information content (AvgIpc) is 2.97. The SMILES string of the molecule is O=C(O)c1ccc2n1CCNC2c1ccco1. The standard InChI is InChI=1S/C12H12N2O3/c15-12(16)9-4-3-8-11(10-2-1-7-17-10)13-5-6-14(8)9/h1-4,7,11,13H,5-6H2,(H,15,16). The molecular formula is C12H12N2O3. The largest absolute Gasteiger partial charge is 0.477 e. The Kier molecular flexibility index (Phi) is 2.26. The molecule has 2 N–H and O–H groups in total. The minimum absolute atomic E-state index is 0.0631. The number of aromatic nitrogens is 1. The zero-order valence-electron chi connectivity index (χ0n) is 9.09. The summed E-state index contributed by atoms with van der Waals surface area (Å²) in [4.78, 5) is 11.1. The van der Waals surface area contributed by atoms with Crippen molar-refractivity contribution in [3.8, 4) is 0 Å². The molecule has 2 aromatic rings. The van der Waals surface area contributed by atoms with Gasteiger partial charge in [0.1, 0.15) is 17.5 Å². The molecule has 1 atom stereocenters. The van der Waals surface area contributed by atoms with Crippen molar-refractivity contribution < 1.29 is 14.3 Å².